The number of fused-ring (bicyclic) bond motifs is 1. The highest BCUT2D eigenvalue weighted by Gasteiger charge is 2.36. The number of piperidine rings is 1. The van der Waals surface area contributed by atoms with Crippen LogP contribution >= 0.6 is 0 Å². The van der Waals surface area contributed by atoms with Gasteiger partial charge in [0.15, 0.2) is 0 Å². The Labute approximate surface area is 211 Å². The number of hydrogen-bond acceptors (Lipinski definition) is 7. The molecule has 2 aliphatic rings. The van der Waals surface area contributed by atoms with Crippen molar-refractivity contribution in [3.05, 3.63) is 53.6 Å². The van der Waals surface area contributed by atoms with E-state index >= 15 is 0 Å². The lowest BCUT2D eigenvalue weighted by atomic mass is 9.79. The van der Waals surface area contributed by atoms with Crippen LogP contribution < -0.4 is 10.2 Å². The molecule has 0 bridgehead atoms. The molecule has 2 aliphatic heterocycles. The van der Waals surface area contributed by atoms with Gasteiger partial charge in [-0.25, -0.2) is 14.4 Å². The van der Waals surface area contributed by atoms with E-state index in [-0.39, 0.29) is 11.6 Å². The number of pyridine rings is 2. The predicted molar refractivity (Wildman–Crippen MR) is 140 cm³/mol. The fourth-order valence-corrected chi connectivity index (χ4v) is 5.12. The summed E-state index contributed by atoms with van der Waals surface area (Å²) in [7, 11) is 2.10. The molecule has 5 rings (SSSR count). The number of ether oxygens (including phenoxy) is 1. The Morgan fingerprint density at radius 3 is 2.64 bits per heavy atom. The Balaban J connectivity index is 1.43. The van der Waals surface area contributed by atoms with Crippen LogP contribution in [0.2, 0.25) is 0 Å². The number of aromatic nitrogens is 2. The van der Waals surface area contributed by atoms with Gasteiger partial charge in [0.2, 0.25) is 0 Å². The number of terminal acetylenes is 1. The SMILES string of the molecule is C#Cc1cc(F)c(Nc2cc3nc([C@](C)(O)C4CCN(C)CC4)ccc3cn2)cc1N1CCOCC1. The van der Waals surface area contributed by atoms with Crippen LogP contribution in [0.5, 0.6) is 0 Å². The Hall–Kier alpha value is -3.25. The van der Waals surface area contributed by atoms with Crippen LogP contribution in [0.15, 0.2) is 36.5 Å². The molecule has 188 valence electrons. The number of nitrogens with one attached hydrogen (secondary N) is 1. The molecule has 0 unspecified atom stereocenters. The molecule has 3 aromatic rings. The number of benzene rings is 1. The van der Waals surface area contributed by atoms with Crippen LogP contribution in [0.1, 0.15) is 31.0 Å². The molecule has 0 saturated carbocycles. The van der Waals surface area contributed by atoms with Crippen LogP contribution in [0, 0.1) is 24.1 Å². The van der Waals surface area contributed by atoms with E-state index in [1.807, 2.05) is 19.1 Å². The Morgan fingerprint density at radius 2 is 1.92 bits per heavy atom. The maximum absolute atomic E-state index is 15.0. The summed E-state index contributed by atoms with van der Waals surface area (Å²) in [5.74, 6) is 2.75. The molecule has 7 nitrogen and oxygen atoms in total. The quantitative estimate of drug-likeness (QED) is 0.527. The summed E-state index contributed by atoms with van der Waals surface area (Å²) < 4.78 is 20.4. The van der Waals surface area contributed by atoms with Gasteiger partial charge in [0.1, 0.15) is 17.2 Å². The van der Waals surface area contributed by atoms with Gasteiger partial charge in [-0.3, -0.25) is 0 Å². The molecule has 36 heavy (non-hydrogen) atoms. The molecule has 1 aromatic carbocycles. The molecule has 8 heteroatoms. The maximum atomic E-state index is 15.0. The standard InChI is InChI=1S/C28H32FN5O2/c1-4-19-15-22(29)24(16-25(19)34-11-13-36-14-12-34)32-27-17-23-20(18-30-27)5-6-26(31-23)28(2,35)21-7-9-33(3)10-8-21/h1,5-6,15-18,21,35H,7-14H2,2-3H3,(H,30,32)/t28-/m1/s1. The first-order valence-electron chi connectivity index (χ1n) is 12.4. The summed E-state index contributed by atoms with van der Waals surface area (Å²) in [5, 5.41) is 15.4. The van der Waals surface area contributed by atoms with Gasteiger partial charge in [0.25, 0.3) is 0 Å². The minimum Gasteiger partial charge on any atom is -0.384 e. The first kappa shape index (κ1) is 24.4. The van der Waals surface area contributed by atoms with Gasteiger partial charge in [-0.2, -0.15) is 0 Å². The molecular formula is C28H32FN5O2. The number of halogens is 1. The van der Waals surface area contributed by atoms with Gasteiger partial charge in [-0.1, -0.05) is 5.92 Å². The van der Waals surface area contributed by atoms with E-state index in [0.717, 1.165) is 37.0 Å². The van der Waals surface area contributed by atoms with Crippen LogP contribution in [0.4, 0.5) is 21.6 Å². The van der Waals surface area contributed by atoms with E-state index in [1.165, 1.54) is 6.07 Å². The minimum atomic E-state index is -1.03. The van der Waals surface area contributed by atoms with Crippen LogP contribution in [0.3, 0.4) is 0 Å². The fourth-order valence-electron chi connectivity index (χ4n) is 5.12. The van der Waals surface area contributed by atoms with Crippen molar-refractivity contribution in [2.24, 2.45) is 5.92 Å². The van der Waals surface area contributed by atoms with Gasteiger partial charge in [0, 0.05) is 30.7 Å². The third kappa shape index (κ3) is 4.87. The van der Waals surface area contributed by atoms with E-state index in [4.69, 9.17) is 16.1 Å². The van der Waals surface area contributed by atoms with Crippen LogP contribution in [-0.4, -0.2) is 66.4 Å². The van der Waals surface area contributed by atoms with Crippen LogP contribution in [0.25, 0.3) is 10.9 Å². The second-order valence-electron chi connectivity index (χ2n) is 9.90. The topological polar surface area (TPSA) is 73.8 Å². The number of likely N-dealkylation sites (tertiary alicyclic amines) is 1. The molecule has 1 atom stereocenters. The third-order valence-electron chi connectivity index (χ3n) is 7.46. The molecule has 0 radical (unpaired) electrons. The lowest BCUT2D eigenvalue weighted by Gasteiger charge is -2.38. The summed E-state index contributed by atoms with van der Waals surface area (Å²) in [4.78, 5) is 13.6. The second kappa shape index (κ2) is 10.0. The van der Waals surface area contributed by atoms with Crippen molar-refractivity contribution >= 4 is 28.1 Å². The van der Waals surface area contributed by atoms with Crippen molar-refractivity contribution in [3.8, 4) is 12.3 Å². The van der Waals surface area contributed by atoms with Crippen LogP contribution in [-0.2, 0) is 10.3 Å². The zero-order valence-electron chi connectivity index (χ0n) is 20.8. The van der Waals surface area contributed by atoms with Crippen molar-refractivity contribution in [2.75, 3.05) is 56.7 Å². The van der Waals surface area contributed by atoms with E-state index in [0.29, 0.717) is 48.9 Å². The molecule has 4 heterocycles. The number of nitrogens with zero attached hydrogens (tertiary/aromatic N) is 4. The average molecular weight is 490 g/mol. The lowest BCUT2D eigenvalue weighted by Crippen LogP contribution is -2.41. The van der Waals surface area contributed by atoms with Crippen molar-refractivity contribution in [1.29, 1.82) is 0 Å². The Morgan fingerprint density at radius 1 is 1.17 bits per heavy atom. The van der Waals surface area contributed by atoms with Crippen molar-refractivity contribution in [3.63, 3.8) is 0 Å². The van der Waals surface area contributed by atoms with Gasteiger partial charge in [0.05, 0.1) is 41.4 Å². The minimum absolute atomic E-state index is 0.139. The van der Waals surface area contributed by atoms with Crippen molar-refractivity contribution < 1.29 is 14.2 Å². The average Bonchev–Trinajstić information content (AvgIpc) is 2.90. The zero-order chi connectivity index (χ0) is 25.3. The highest BCUT2D eigenvalue weighted by atomic mass is 19.1. The molecule has 0 spiro atoms. The fraction of sp³-hybridized carbons (Fsp3) is 0.429. The Kier molecular flexibility index (Phi) is 6.80. The number of aliphatic hydroxyl groups is 1. The van der Waals surface area contributed by atoms with Crippen molar-refractivity contribution in [1.82, 2.24) is 14.9 Å². The van der Waals surface area contributed by atoms with Crippen molar-refractivity contribution in [2.45, 2.75) is 25.4 Å². The summed E-state index contributed by atoms with van der Waals surface area (Å²) in [6.07, 6.45) is 9.21. The maximum Gasteiger partial charge on any atom is 0.148 e. The molecule has 2 aromatic heterocycles. The third-order valence-corrected chi connectivity index (χ3v) is 7.46. The van der Waals surface area contributed by atoms with E-state index in [2.05, 4.69) is 33.1 Å². The van der Waals surface area contributed by atoms with E-state index in [9.17, 15) is 9.50 Å². The van der Waals surface area contributed by atoms with Gasteiger partial charge in [-0.15, -0.1) is 6.42 Å². The van der Waals surface area contributed by atoms with Gasteiger partial charge in [-0.05, 0) is 70.1 Å². The number of hydrogen-bond donors (Lipinski definition) is 2. The highest BCUT2D eigenvalue weighted by molar-refractivity contribution is 5.81. The molecule has 2 saturated heterocycles. The second-order valence-corrected chi connectivity index (χ2v) is 9.90. The lowest BCUT2D eigenvalue weighted by molar-refractivity contribution is -0.0334. The predicted octanol–water partition coefficient (Wildman–Crippen LogP) is 3.88. The highest BCUT2D eigenvalue weighted by Crippen LogP contribution is 2.36. The van der Waals surface area contributed by atoms with E-state index in [1.54, 1.807) is 18.3 Å². The monoisotopic (exact) mass is 489 g/mol. The summed E-state index contributed by atoms with van der Waals surface area (Å²) in [6.45, 7) is 6.37. The summed E-state index contributed by atoms with van der Waals surface area (Å²) in [5.41, 5.74) is 1.88. The van der Waals surface area contributed by atoms with Gasteiger partial charge < -0.3 is 25.0 Å². The number of anilines is 3. The summed E-state index contributed by atoms with van der Waals surface area (Å²) in [6, 6.07) is 8.70. The van der Waals surface area contributed by atoms with E-state index < -0.39 is 11.4 Å². The largest absolute Gasteiger partial charge is 0.384 e. The Bertz CT molecular complexity index is 1290. The molecule has 2 N–H and O–H groups in total. The normalized spacial score (nSPS) is 19.1. The summed E-state index contributed by atoms with van der Waals surface area (Å²) >= 11 is 0. The molecule has 0 amide bonds. The molecular weight excluding hydrogens is 457 g/mol. The molecule has 0 aliphatic carbocycles. The number of rotatable bonds is 5. The smallest absolute Gasteiger partial charge is 0.148 e. The number of morpholine rings is 1. The molecule has 2 fully saturated rings. The zero-order valence-corrected chi connectivity index (χ0v) is 20.8. The first-order chi connectivity index (χ1) is 17.3. The van der Waals surface area contributed by atoms with Gasteiger partial charge >= 0.3 is 0 Å². The first-order valence-corrected chi connectivity index (χ1v) is 12.4.